The summed E-state index contributed by atoms with van der Waals surface area (Å²) < 4.78 is 23.7. The average molecular weight is 267 g/mol. The fourth-order valence-electron chi connectivity index (χ4n) is 2.17. The van der Waals surface area contributed by atoms with Crippen molar-refractivity contribution < 1.29 is 18.7 Å². The van der Waals surface area contributed by atoms with Crippen molar-refractivity contribution in [3.05, 3.63) is 24.3 Å². The Morgan fingerprint density at radius 3 is 2.89 bits per heavy atom. The van der Waals surface area contributed by atoms with Crippen molar-refractivity contribution in [3.8, 4) is 11.5 Å². The van der Waals surface area contributed by atoms with Crippen LogP contribution in [-0.2, 0) is 4.79 Å². The van der Waals surface area contributed by atoms with Crippen LogP contribution in [0.2, 0.25) is 0 Å². The highest BCUT2D eigenvalue weighted by molar-refractivity contribution is 5.78. The second kappa shape index (κ2) is 6.41. The Balaban J connectivity index is 1.79. The number of methoxy groups -OCH3 is 1. The Labute approximate surface area is 111 Å². The number of rotatable bonds is 5. The molecule has 1 aromatic rings. The van der Waals surface area contributed by atoms with Gasteiger partial charge in [-0.25, -0.2) is 4.39 Å². The largest absolute Gasteiger partial charge is 0.497 e. The molecular weight excluding hydrogens is 249 g/mol. The molecule has 1 saturated carbocycles. The third-order valence-corrected chi connectivity index (χ3v) is 3.19. The lowest BCUT2D eigenvalue weighted by Crippen LogP contribution is -2.40. The first-order valence-corrected chi connectivity index (χ1v) is 6.39. The van der Waals surface area contributed by atoms with E-state index in [1.807, 2.05) is 0 Å². The van der Waals surface area contributed by atoms with E-state index in [9.17, 15) is 9.18 Å². The van der Waals surface area contributed by atoms with Crippen LogP contribution < -0.4 is 14.8 Å². The summed E-state index contributed by atoms with van der Waals surface area (Å²) in [6, 6.07) is 6.64. The van der Waals surface area contributed by atoms with Gasteiger partial charge in [0.2, 0.25) is 0 Å². The van der Waals surface area contributed by atoms with Crippen LogP contribution in [0.3, 0.4) is 0 Å². The van der Waals surface area contributed by atoms with Gasteiger partial charge >= 0.3 is 0 Å². The van der Waals surface area contributed by atoms with Crippen molar-refractivity contribution >= 4 is 5.91 Å². The molecule has 1 aliphatic carbocycles. The molecule has 0 bridgehead atoms. The van der Waals surface area contributed by atoms with E-state index < -0.39 is 6.17 Å². The second-order valence-corrected chi connectivity index (χ2v) is 4.59. The zero-order chi connectivity index (χ0) is 13.7. The molecule has 0 saturated heterocycles. The molecule has 2 atom stereocenters. The highest BCUT2D eigenvalue weighted by Gasteiger charge is 2.28. The van der Waals surface area contributed by atoms with Crippen molar-refractivity contribution in [2.75, 3.05) is 13.7 Å². The first-order valence-electron chi connectivity index (χ1n) is 6.39. The summed E-state index contributed by atoms with van der Waals surface area (Å²) in [5.74, 6) is 0.924. The summed E-state index contributed by atoms with van der Waals surface area (Å²) in [6.07, 6.45) is 1.12. The van der Waals surface area contributed by atoms with E-state index in [1.165, 1.54) is 0 Å². The topological polar surface area (TPSA) is 47.6 Å². The van der Waals surface area contributed by atoms with Gasteiger partial charge in [0.15, 0.2) is 6.61 Å². The van der Waals surface area contributed by atoms with Gasteiger partial charge in [-0.3, -0.25) is 4.79 Å². The Morgan fingerprint density at radius 2 is 2.21 bits per heavy atom. The highest BCUT2D eigenvalue weighted by atomic mass is 19.1. The van der Waals surface area contributed by atoms with E-state index in [2.05, 4.69) is 5.32 Å². The number of ether oxygens (including phenoxy) is 2. The lowest BCUT2D eigenvalue weighted by molar-refractivity contribution is -0.124. The number of alkyl halides is 1. The van der Waals surface area contributed by atoms with Crippen molar-refractivity contribution in [2.45, 2.75) is 31.5 Å². The van der Waals surface area contributed by atoms with Gasteiger partial charge < -0.3 is 14.8 Å². The third kappa shape index (κ3) is 3.84. The molecule has 1 aliphatic rings. The summed E-state index contributed by atoms with van der Waals surface area (Å²) in [4.78, 5) is 11.6. The van der Waals surface area contributed by atoms with Crippen molar-refractivity contribution in [2.24, 2.45) is 0 Å². The van der Waals surface area contributed by atoms with Crippen LogP contribution in [0.4, 0.5) is 4.39 Å². The second-order valence-electron chi connectivity index (χ2n) is 4.59. The minimum absolute atomic E-state index is 0.115. The van der Waals surface area contributed by atoms with Crippen LogP contribution in [0.5, 0.6) is 11.5 Å². The molecule has 104 valence electrons. The van der Waals surface area contributed by atoms with Gasteiger partial charge in [0.25, 0.3) is 5.91 Å². The van der Waals surface area contributed by atoms with Crippen LogP contribution in [0.15, 0.2) is 24.3 Å². The summed E-state index contributed by atoms with van der Waals surface area (Å²) in [5, 5.41) is 2.66. The Kier molecular flexibility index (Phi) is 4.60. The lowest BCUT2D eigenvalue weighted by Gasteiger charge is -2.15. The standard InChI is InChI=1S/C14H18FNO3/c1-18-10-4-2-5-11(8-10)19-9-14(17)16-13-7-3-6-12(13)15/h2,4-5,8,12-13H,3,6-7,9H2,1H3,(H,16,17)/t12-,13+/m1/s1. The molecule has 0 radical (unpaired) electrons. The molecule has 19 heavy (non-hydrogen) atoms. The first-order chi connectivity index (χ1) is 9.19. The number of carbonyl (C=O) groups is 1. The predicted molar refractivity (Wildman–Crippen MR) is 69.2 cm³/mol. The molecule has 0 spiro atoms. The molecule has 0 aromatic heterocycles. The number of nitrogens with one attached hydrogen (secondary N) is 1. The van der Waals surface area contributed by atoms with Crippen LogP contribution in [0.25, 0.3) is 0 Å². The minimum Gasteiger partial charge on any atom is -0.497 e. The Morgan fingerprint density at radius 1 is 1.42 bits per heavy atom. The maximum Gasteiger partial charge on any atom is 0.258 e. The number of amides is 1. The number of halogens is 1. The van der Waals surface area contributed by atoms with E-state index >= 15 is 0 Å². The van der Waals surface area contributed by atoms with Crippen molar-refractivity contribution in [1.82, 2.24) is 5.32 Å². The fraction of sp³-hybridized carbons (Fsp3) is 0.500. The number of hydrogen-bond donors (Lipinski definition) is 1. The minimum atomic E-state index is -0.930. The van der Waals surface area contributed by atoms with Crippen molar-refractivity contribution in [3.63, 3.8) is 0 Å². The SMILES string of the molecule is COc1cccc(OCC(=O)N[C@H]2CCC[C@H]2F)c1. The maximum absolute atomic E-state index is 13.3. The summed E-state index contributed by atoms with van der Waals surface area (Å²) >= 11 is 0. The molecule has 1 amide bonds. The summed E-state index contributed by atoms with van der Waals surface area (Å²) in [7, 11) is 1.56. The number of benzene rings is 1. The van der Waals surface area contributed by atoms with Gasteiger partial charge in [0.1, 0.15) is 17.7 Å². The van der Waals surface area contributed by atoms with Gasteiger partial charge in [-0.2, -0.15) is 0 Å². The summed E-state index contributed by atoms with van der Waals surface area (Å²) in [5.41, 5.74) is 0. The van der Waals surface area contributed by atoms with Gasteiger partial charge in [-0.1, -0.05) is 6.07 Å². The van der Waals surface area contributed by atoms with Gasteiger partial charge in [-0.15, -0.1) is 0 Å². The van der Waals surface area contributed by atoms with E-state index in [0.717, 1.165) is 6.42 Å². The van der Waals surface area contributed by atoms with Gasteiger partial charge in [0, 0.05) is 6.07 Å². The molecule has 1 N–H and O–H groups in total. The molecule has 1 fully saturated rings. The average Bonchev–Trinajstić information content (AvgIpc) is 2.82. The molecular formula is C14H18FNO3. The normalized spacial score (nSPS) is 22.0. The van der Waals surface area contributed by atoms with Gasteiger partial charge in [0.05, 0.1) is 13.2 Å². The van der Waals surface area contributed by atoms with Crippen molar-refractivity contribution in [1.29, 1.82) is 0 Å². The molecule has 4 nitrogen and oxygen atoms in total. The Hall–Kier alpha value is -1.78. The number of carbonyl (C=O) groups excluding carboxylic acids is 1. The summed E-state index contributed by atoms with van der Waals surface area (Å²) in [6.45, 7) is -0.115. The first kappa shape index (κ1) is 13.6. The third-order valence-electron chi connectivity index (χ3n) is 3.19. The molecule has 0 unspecified atom stereocenters. The fourth-order valence-corrected chi connectivity index (χ4v) is 2.17. The monoisotopic (exact) mass is 267 g/mol. The molecule has 0 aliphatic heterocycles. The quantitative estimate of drug-likeness (QED) is 0.888. The lowest BCUT2D eigenvalue weighted by atomic mass is 10.2. The molecule has 1 aromatic carbocycles. The van der Waals surface area contributed by atoms with Crippen LogP contribution >= 0.6 is 0 Å². The molecule has 5 heteroatoms. The Bertz CT molecular complexity index is 438. The van der Waals surface area contributed by atoms with E-state index in [1.54, 1.807) is 31.4 Å². The zero-order valence-corrected chi connectivity index (χ0v) is 10.9. The van der Waals surface area contributed by atoms with Gasteiger partial charge in [-0.05, 0) is 31.4 Å². The zero-order valence-electron chi connectivity index (χ0n) is 10.9. The van der Waals surface area contributed by atoms with Crippen LogP contribution in [-0.4, -0.2) is 31.8 Å². The molecule has 2 rings (SSSR count). The van der Waals surface area contributed by atoms with E-state index in [-0.39, 0.29) is 18.6 Å². The van der Waals surface area contributed by atoms with E-state index in [0.29, 0.717) is 24.3 Å². The maximum atomic E-state index is 13.3. The number of hydrogen-bond acceptors (Lipinski definition) is 3. The highest BCUT2D eigenvalue weighted by Crippen LogP contribution is 2.22. The predicted octanol–water partition coefficient (Wildman–Crippen LogP) is 2.08. The van der Waals surface area contributed by atoms with E-state index in [4.69, 9.17) is 9.47 Å². The smallest absolute Gasteiger partial charge is 0.258 e. The van der Waals surface area contributed by atoms with Crippen LogP contribution in [0.1, 0.15) is 19.3 Å². The van der Waals surface area contributed by atoms with Crippen LogP contribution in [0, 0.1) is 0 Å². The molecule has 0 heterocycles.